The van der Waals surface area contributed by atoms with Crippen LogP contribution in [0.3, 0.4) is 0 Å². The number of aryl methyl sites for hydroxylation is 1. The molecule has 3 aliphatic rings. The Labute approximate surface area is 238 Å². The number of rotatable bonds is 6. The molecule has 0 bridgehead atoms. The second-order valence-electron chi connectivity index (χ2n) is 10.8. The molecule has 210 valence electrons. The minimum Gasteiger partial charge on any atom is -0.159 e. The fourth-order valence-corrected chi connectivity index (χ4v) is 7.31. The standard InChI is InChI=1S/C24H36NO3.C4H4N2.2ClH.Pt/c1-3-25-12-4-10-24(15-26)14-21-20-7-5-16-13-17(27)6-8-18(16)19(20)9-11-23(21,2)22(24)28;1-2-4-6-5-3-1;;;/h6,8,13,19-22,26-28H,3-5,7,9-12,14-15H2,1-2H3;1-4H;2*1H;/q-1;;;;+2/p-2/t19?,20?,21?,22-,23+,24-;;;;/m1..../s1. The first-order valence-corrected chi connectivity index (χ1v) is 18.8. The van der Waals surface area contributed by atoms with Crippen molar-refractivity contribution in [1.82, 2.24) is 10.2 Å². The van der Waals surface area contributed by atoms with Gasteiger partial charge in [0.25, 0.3) is 0 Å². The van der Waals surface area contributed by atoms with E-state index in [2.05, 4.69) is 35.4 Å². The van der Waals surface area contributed by atoms with Crippen molar-refractivity contribution in [1.29, 1.82) is 0 Å². The van der Waals surface area contributed by atoms with Crippen molar-refractivity contribution in [2.75, 3.05) is 19.7 Å². The van der Waals surface area contributed by atoms with Gasteiger partial charge in [0.1, 0.15) is 5.75 Å². The zero-order valence-corrected chi connectivity index (χ0v) is 25.5. The van der Waals surface area contributed by atoms with Gasteiger partial charge in [-0.25, -0.2) is 0 Å². The topological polar surface area (TPSA) is 101 Å². The maximum Gasteiger partial charge on any atom is 0.0496 e. The van der Waals surface area contributed by atoms with Crippen LogP contribution in [0.15, 0.2) is 42.7 Å². The fourth-order valence-electron chi connectivity index (χ4n) is 7.31. The zero-order chi connectivity index (χ0) is 26.9. The SMILES string of the molecule is CC[N-]CCC[C@]1(CO)CC2C3CCc4cc(O)ccc4C3CC[C@]2(C)[C@H]1O.[Cl][Pt][Cl].c1ccnnc1. The second kappa shape index (κ2) is 14.6. The molecule has 37 heavy (non-hydrogen) atoms. The van der Waals surface area contributed by atoms with Crippen molar-refractivity contribution in [3.63, 3.8) is 0 Å². The van der Waals surface area contributed by atoms with Crippen LogP contribution < -0.4 is 0 Å². The Kier molecular flexibility index (Phi) is 12.1. The van der Waals surface area contributed by atoms with Crippen LogP contribution >= 0.6 is 18.8 Å². The van der Waals surface area contributed by atoms with E-state index in [0.29, 0.717) is 23.5 Å². The van der Waals surface area contributed by atoms with Crippen LogP contribution in [0.25, 0.3) is 5.32 Å². The fraction of sp³-hybridized carbons (Fsp3) is 0.643. The van der Waals surface area contributed by atoms with Gasteiger partial charge in [-0.15, -0.1) is 6.54 Å². The first-order valence-electron chi connectivity index (χ1n) is 13.1. The van der Waals surface area contributed by atoms with Crippen LogP contribution in [0.4, 0.5) is 0 Å². The number of fused-ring (bicyclic) bond motifs is 5. The summed E-state index contributed by atoms with van der Waals surface area (Å²) in [7, 11) is 9.75. The summed E-state index contributed by atoms with van der Waals surface area (Å²) in [5, 5.41) is 43.2. The molecule has 3 unspecified atom stereocenters. The summed E-state index contributed by atoms with van der Waals surface area (Å²) in [5.41, 5.74) is 2.25. The van der Waals surface area contributed by atoms with E-state index >= 15 is 0 Å². The number of hydrogen-bond donors (Lipinski definition) is 3. The summed E-state index contributed by atoms with van der Waals surface area (Å²) in [6, 6.07) is 9.55. The molecule has 6 atom stereocenters. The molecule has 9 heteroatoms. The molecule has 0 radical (unpaired) electrons. The van der Waals surface area contributed by atoms with Crippen LogP contribution in [0.5, 0.6) is 5.75 Å². The number of nitrogens with zero attached hydrogens (tertiary/aromatic N) is 3. The first kappa shape index (κ1) is 30.8. The van der Waals surface area contributed by atoms with Gasteiger partial charge in [-0.1, -0.05) is 26.3 Å². The predicted molar refractivity (Wildman–Crippen MR) is 145 cm³/mol. The smallest absolute Gasteiger partial charge is 0.0496 e. The number of aromatic nitrogens is 2. The Balaban J connectivity index is 0.000000360. The molecule has 1 heterocycles. The zero-order valence-electron chi connectivity index (χ0n) is 21.7. The minimum atomic E-state index is -0.472. The molecule has 2 fully saturated rings. The maximum absolute atomic E-state index is 11.4. The van der Waals surface area contributed by atoms with E-state index in [4.69, 9.17) is 18.8 Å². The van der Waals surface area contributed by atoms with Crippen LogP contribution in [0.1, 0.15) is 69.4 Å². The summed E-state index contributed by atoms with van der Waals surface area (Å²) in [4.78, 5) is 0. The molecule has 3 aliphatic carbocycles. The van der Waals surface area contributed by atoms with Crippen LogP contribution in [-0.2, 0) is 22.9 Å². The molecular weight excluding hydrogens is 692 g/mol. The van der Waals surface area contributed by atoms with Gasteiger partial charge < -0.3 is 20.6 Å². The molecule has 3 N–H and O–H groups in total. The van der Waals surface area contributed by atoms with Gasteiger partial charge in [0.2, 0.25) is 0 Å². The van der Waals surface area contributed by atoms with Gasteiger partial charge >= 0.3 is 35.3 Å². The van der Waals surface area contributed by atoms with E-state index < -0.39 is 22.6 Å². The third kappa shape index (κ3) is 7.07. The van der Waals surface area contributed by atoms with Crippen molar-refractivity contribution < 1.29 is 31.8 Å². The molecule has 6 nitrogen and oxygen atoms in total. The number of benzene rings is 1. The molecule has 0 saturated heterocycles. The number of halogens is 2. The monoisotopic (exact) mass is 731 g/mol. The molecule has 1 aromatic carbocycles. The molecular formula is C28H40Cl2N3O3Pt-. The predicted octanol–water partition coefficient (Wildman–Crippen LogP) is 6.22. The Morgan fingerprint density at radius 1 is 1.16 bits per heavy atom. The summed E-state index contributed by atoms with van der Waals surface area (Å²) in [6.45, 7) is 6.08. The average molecular weight is 733 g/mol. The van der Waals surface area contributed by atoms with E-state index in [9.17, 15) is 15.3 Å². The maximum atomic E-state index is 11.4. The van der Waals surface area contributed by atoms with E-state index in [-0.39, 0.29) is 17.4 Å². The van der Waals surface area contributed by atoms with E-state index in [1.165, 1.54) is 11.1 Å². The van der Waals surface area contributed by atoms with Crippen LogP contribution in [-0.4, -0.2) is 51.3 Å². The molecule has 2 saturated carbocycles. The van der Waals surface area contributed by atoms with Gasteiger partial charge in [0.15, 0.2) is 0 Å². The number of phenols is 1. The van der Waals surface area contributed by atoms with Crippen molar-refractivity contribution in [3.8, 4) is 5.75 Å². The largest absolute Gasteiger partial charge is 0.159 e. The summed E-state index contributed by atoms with van der Waals surface area (Å²) < 4.78 is 0. The van der Waals surface area contributed by atoms with E-state index in [1.54, 1.807) is 12.4 Å². The normalized spacial score (nSPS) is 31.6. The van der Waals surface area contributed by atoms with Gasteiger partial charge in [-0.2, -0.15) is 16.7 Å². The molecule has 0 amide bonds. The molecule has 5 rings (SSSR count). The van der Waals surface area contributed by atoms with E-state index in [1.807, 2.05) is 24.3 Å². The number of aromatic hydroxyl groups is 1. The van der Waals surface area contributed by atoms with Crippen LogP contribution in [0.2, 0.25) is 0 Å². The Hall–Kier alpha value is -0.752. The quantitative estimate of drug-likeness (QED) is 0.307. The van der Waals surface area contributed by atoms with Crippen molar-refractivity contribution >= 4 is 18.8 Å². The minimum absolute atomic E-state index is 0.0776. The molecule has 0 aliphatic heterocycles. The van der Waals surface area contributed by atoms with Gasteiger partial charge in [0, 0.05) is 17.8 Å². The molecule has 2 aromatic rings. The third-order valence-corrected chi connectivity index (χ3v) is 8.99. The van der Waals surface area contributed by atoms with Gasteiger partial charge in [-0.05, 0) is 97.1 Å². The van der Waals surface area contributed by atoms with Crippen molar-refractivity contribution in [3.05, 3.63) is 59.2 Å². The number of aliphatic hydroxyl groups excluding tert-OH is 2. The van der Waals surface area contributed by atoms with Crippen molar-refractivity contribution in [2.24, 2.45) is 22.7 Å². The van der Waals surface area contributed by atoms with E-state index in [0.717, 1.165) is 58.0 Å². The van der Waals surface area contributed by atoms with Crippen molar-refractivity contribution in [2.45, 2.75) is 70.8 Å². The second-order valence-corrected chi connectivity index (χ2v) is 14.1. The first-order chi connectivity index (χ1) is 17.9. The third-order valence-electron chi connectivity index (χ3n) is 8.99. The van der Waals surface area contributed by atoms with Crippen LogP contribution in [0, 0.1) is 22.7 Å². The number of hydrogen-bond acceptors (Lipinski definition) is 5. The van der Waals surface area contributed by atoms with Gasteiger partial charge in [0.05, 0.1) is 12.7 Å². The number of aliphatic hydroxyl groups is 2. The average Bonchev–Trinajstić information content (AvgIpc) is 3.15. The summed E-state index contributed by atoms with van der Waals surface area (Å²) in [6.07, 6.45) is 9.84. The Morgan fingerprint density at radius 2 is 1.86 bits per heavy atom. The van der Waals surface area contributed by atoms with Gasteiger partial charge in [-0.3, -0.25) is 0 Å². The Morgan fingerprint density at radius 3 is 2.46 bits per heavy atom. The number of phenolic OH excluding ortho intramolecular Hbond substituents is 1. The summed E-state index contributed by atoms with van der Waals surface area (Å²) >= 11 is -0.472. The Bertz CT molecular complexity index is 933. The molecule has 0 spiro atoms. The molecule has 1 aromatic heterocycles. The summed E-state index contributed by atoms with van der Waals surface area (Å²) in [5.74, 6) is 1.92.